The molecule has 0 aromatic heterocycles. The van der Waals surface area contributed by atoms with Crippen LogP contribution < -0.4 is 24.6 Å². The molecule has 2 N–H and O–H groups in total. The van der Waals surface area contributed by atoms with Crippen LogP contribution in [0.2, 0.25) is 0 Å². The van der Waals surface area contributed by atoms with E-state index in [1.54, 1.807) is 0 Å². The van der Waals surface area contributed by atoms with Crippen molar-refractivity contribution in [3.63, 3.8) is 0 Å². The Hall–Kier alpha value is 0.557. The summed E-state index contributed by atoms with van der Waals surface area (Å²) < 4.78 is 0. The molecule has 0 heterocycles. The second-order valence-corrected chi connectivity index (χ2v) is 1.68. The van der Waals surface area contributed by atoms with Crippen molar-refractivity contribution < 1.29 is 20.3 Å². The third-order valence-corrected chi connectivity index (χ3v) is 1.03. The maximum Gasteiger partial charge on any atom is 1.00 e. The van der Waals surface area contributed by atoms with E-state index in [1.807, 2.05) is 0 Å². The molecule has 32 valence electrons. The summed E-state index contributed by atoms with van der Waals surface area (Å²) in [7, 11) is 0. The van der Waals surface area contributed by atoms with Crippen molar-refractivity contribution in [1.82, 2.24) is 0 Å². The van der Waals surface area contributed by atoms with Crippen molar-refractivity contribution in [2.75, 3.05) is 6.54 Å². The van der Waals surface area contributed by atoms with Crippen LogP contribution in [0.15, 0.2) is 0 Å². The number of hydrogen-bond donors (Lipinski definition) is 1. The molecule has 2 heteroatoms. The van der Waals surface area contributed by atoms with E-state index in [-0.39, 0.29) is 20.3 Å². The Morgan fingerprint density at radius 2 is 2.17 bits per heavy atom. The molecule has 1 fully saturated rings. The average molecular weight is 79.1 g/mol. The van der Waals surface area contributed by atoms with Crippen LogP contribution in [0.1, 0.15) is 14.3 Å². The van der Waals surface area contributed by atoms with Crippen LogP contribution in [0.3, 0.4) is 0 Å². The van der Waals surface area contributed by atoms with Crippen molar-refractivity contribution in [3.05, 3.63) is 0 Å². The molecule has 0 aromatic rings. The maximum absolute atomic E-state index is 5.23. The molecule has 0 saturated heterocycles. The molecular weight excluding hydrogens is 69.0 g/mol. The van der Waals surface area contributed by atoms with Gasteiger partial charge in [-0.15, -0.1) is 0 Å². The van der Waals surface area contributed by atoms with Gasteiger partial charge in [-0.05, 0) is 25.3 Å². The van der Waals surface area contributed by atoms with Crippen molar-refractivity contribution >= 4 is 0 Å². The van der Waals surface area contributed by atoms with Crippen LogP contribution in [0.25, 0.3) is 0 Å². The summed E-state index contributed by atoms with van der Waals surface area (Å²) in [5.41, 5.74) is 5.23. The SMILES string of the molecule is NCC1CC1.[H-].[Li+]. The second kappa shape index (κ2) is 2.68. The fourth-order valence-electron chi connectivity index (χ4n) is 0.354. The summed E-state index contributed by atoms with van der Waals surface area (Å²) in [5.74, 6) is 0.912. The Balaban J connectivity index is 0. The van der Waals surface area contributed by atoms with E-state index < -0.39 is 0 Å². The van der Waals surface area contributed by atoms with Gasteiger partial charge in [-0.1, -0.05) is 0 Å². The first-order chi connectivity index (χ1) is 2.43. The first-order valence-electron chi connectivity index (χ1n) is 2.13. The summed E-state index contributed by atoms with van der Waals surface area (Å²) in [4.78, 5) is 0. The summed E-state index contributed by atoms with van der Waals surface area (Å²) in [5, 5.41) is 0. The minimum absolute atomic E-state index is 0. The first kappa shape index (κ1) is 6.56. The molecule has 1 rings (SSSR count). The van der Waals surface area contributed by atoms with Gasteiger partial charge in [-0.2, -0.15) is 0 Å². The Morgan fingerprint density at radius 3 is 2.17 bits per heavy atom. The smallest absolute Gasteiger partial charge is 1.00 e. The van der Waals surface area contributed by atoms with Gasteiger partial charge < -0.3 is 7.16 Å². The average Bonchev–Trinajstić information content (AvgIpc) is 2.12. The van der Waals surface area contributed by atoms with Gasteiger partial charge in [-0.25, -0.2) is 0 Å². The molecule has 0 bridgehead atoms. The van der Waals surface area contributed by atoms with Crippen LogP contribution >= 0.6 is 0 Å². The van der Waals surface area contributed by atoms with Crippen LogP contribution in [0, 0.1) is 5.92 Å². The zero-order valence-corrected chi connectivity index (χ0v) is 4.28. The summed E-state index contributed by atoms with van der Waals surface area (Å²) >= 11 is 0. The number of nitrogens with two attached hydrogens (primary N) is 1. The van der Waals surface area contributed by atoms with Gasteiger partial charge in [0.05, 0.1) is 0 Å². The molecule has 0 amide bonds. The van der Waals surface area contributed by atoms with Crippen LogP contribution in [-0.4, -0.2) is 6.54 Å². The normalized spacial score (nSPS) is 19.5. The third-order valence-electron chi connectivity index (χ3n) is 1.03. The molecule has 0 radical (unpaired) electrons. The minimum atomic E-state index is 0. The van der Waals surface area contributed by atoms with E-state index in [4.69, 9.17) is 5.73 Å². The van der Waals surface area contributed by atoms with E-state index in [0.717, 1.165) is 12.5 Å². The quantitative estimate of drug-likeness (QED) is 0.345. The standard InChI is InChI=1S/C4H9N.Li.H/c5-3-4-1-2-4;;/h4H,1-3,5H2;;/q;+1;-1. The topological polar surface area (TPSA) is 26.0 Å². The molecule has 1 nitrogen and oxygen atoms in total. The zero-order chi connectivity index (χ0) is 3.70. The van der Waals surface area contributed by atoms with Gasteiger partial charge in [0.1, 0.15) is 0 Å². The van der Waals surface area contributed by atoms with Crippen molar-refractivity contribution in [1.29, 1.82) is 0 Å². The van der Waals surface area contributed by atoms with Gasteiger partial charge in [0.2, 0.25) is 0 Å². The second-order valence-electron chi connectivity index (χ2n) is 1.68. The molecule has 6 heavy (non-hydrogen) atoms. The van der Waals surface area contributed by atoms with Gasteiger partial charge >= 0.3 is 18.9 Å². The maximum atomic E-state index is 5.23. The summed E-state index contributed by atoms with van der Waals surface area (Å²) in [6, 6.07) is 0. The summed E-state index contributed by atoms with van der Waals surface area (Å²) in [6.07, 6.45) is 2.77. The van der Waals surface area contributed by atoms with Crippen LogP contribution in [0.5, 0.6) is 0 Å². The third kappa shape index (κ3) is 1.87. The van der Waals surface area contributed by atoms with E-state index in [1.165, 1.54) is 12.8 Å². The Bertz CT molecular complexity index is 38.7. The minimum Gasteiger partial charge on any atom is -1.00 e. The molecule has 0 aliphatic heterocycles. The van der Waals surface area contributed by atoms with Crippen LogP contribution in [-0.2, 0) is 0 Å². The van der Waals surface area contributed by atoms with E-state index in [0.29, 0.717) is 0 Å². The Kier molecular flexibility index (Phi) is 2.93. The number of hydrogen-bond acceptors (Lipinski definition) is 1. The van der Waals surface area contributed by atoms with Crippen molar-refractivity contribution in [2.45, 2.75) is 12.8 Å². The van der Waals surface area contributed by atoms with Gasteiger partial charge in [-0.3, -0.25) is 0 Å². The van der Waals surface area contributed by atoms with E-state index >= 15 is 0 Å². The van der Waals surface area contributed by atoms with Crippen molar-refractivity contribution in [2.24, 2.45) is 11.7 Å². The van der Waals surface area contributed by atoms with E-state index in [2.05, 4.69) is 0 Å². The molecule has 0 atom stereocenters. The fourth-order valence-corrected chi connectivity index (χ4v) is 0.354. The van der Waals surface area contributed by atoms with Crippen molar-refractivity contribution in [3.8, 4) is 0 Å². The van der Waals surface area contributed by atoms with Gasteiger partial charge in [0.25, 0.3) is 0 Å². The molecule has 1 aliphatic rings. The van der Waals surface area contributed by atoms with E-state index in [9.17, 15) is 0 Å². The predicted molar refractivity (Wildman–Crippen MR) is 22.9 cm³/mol. The predicted octanol–water partition coefficient (Wildman–Crippen LogP) is -2.53. The Labute approximate surface area is 52.0 Å². The number of rotatable bonds is 1. The molecular formula is C4H10LiN. The molecule has 0 unspecified atom stereocenters. The van der Waals surface area contributed by atoms with Gasteiger partial charge in [0, 0.05) is 0 Å². The fraction of sp³-hybridized carbons (Fsp3) is 1.00. The van der Waals surface area contributed by atoms with Gasteiger partial charge in [0.15, 0.2) is 0 Å². The summed E-state index contributed by atoms with van der Waals surface area (Å²) in [6.45, 7) is 0.917. The zero-order valence-electron chi connectivity index (χ0n) is 5.28. The monoisotopic (exact) mass is 79.1 g/mol. The first-order valence-corrected chi connectivity index (χ1v) is 2.13. The molecule has 0 aromatic carbocycles. The largest absolute Gasteiger partial charge is 1.00 e. The Morgan fingerprint density at radius 1 is 1.67 bits per heavy atom. The molecule has 0 spiro atoms. The molecule has 1 saturated carbocycles. The molecule has 1 aliphatic carbocycles. The van der Waals surface area contributed by atoms with Crippen LogP contribution in [0.4, 0.5) is 0 Å².